The van der Waals surface area contributed by atoms with Crippen LogP contribution in [0.5, 0.6) is 0 Å². The second-order valence-corrected chi connectivity index (χ2v) is 7.92. The van der Waals surface area contributed by atoms with Gasteiger partial charge in [-0.3, -0.25) is 0 Å². The van der Waals surface area contributed by atoms with E-state index in [1.807, 2.05) is 57.1 Å². The van der Waals surface area contributed by atoms with Crippen LogP contribution in [0.3, 0.4) is 0 Å². The molecule has 1 atom stereocenters. The predicted octanol–water partition coefficient (Wildman–Crippen LogP) is 3.98. The van der Waals surface area contributed by atoms with Crippen molar-refractivity contribution in [1.82, 2.24) is 5.32 Å². The van der Waals surface area contributed by atoms with Gasteiger partial charge in [-0.25, -0.2) is 9.79 Å². The summed E-state index contributed by atoms with van der Waals surface area (Å²) in [6, 6.07) is 7.82. The quantitative estimate of drug-likeness (QED) is 0.762. The van der Waals surface area contributed by atoms with Crippen molar-refractivity contribution in [1.29, 1.82) is 0 Å². The number of hydrogen-bond acceptors (Lipinski definition) is 6. The van der Waals surface area contributed by atoms with E-state index in [9.17, 15) is 4.79 Å². The lowest BCUT2D eigenvalue weighted by Crippen LogP contribution is -2.31. The second-order valence-electron chi connectivity index (χ2n) is 6.91. The molecular formula is C20H29N3O2S. The molecule has 1 aromatic rings. The minimum absolute atomic E-state index is 0.309. The van der Waals surface area contributed by atoms with Gasteiger partial charge in [-0.05, 0) is 37.5 Å². The summed E-state index contributed by atoms with van der Waals surface area (Å²) in [5.74, 6) is 1.23. The Kier molecular flexibility index (Phi) is 7.14. The molecule has 5 nitrogen and oxygen atoms in total. The van der Waals surface area contributed by atoms with Crippen molar-refractivity contribution in [2.45, 2.75) is 33.7 Å². The first-order valence-corrected chi connectivity index (χ1v) is 9.94. The van der Waals surface area contributed by atoms with Crippen LogP contribution in [0.15, 0.2) is 40.5 Å². The molecule has 0 bridgehead atoms. The number of aliphatic imine (C=N–C) groups is 1. The number of esters is 1. The molecule has 0 fully saturated rings. The zero-order valence-corrected chi connectivity index (χ0v) is 17.3. The van der Waals surface area contributed by atoms with Gasteiger partial charge in [-0.15, -0.1) is 0 Å². The number of nitrogens with one attached hydrogen (secondary N) is 1. The highest BCUT2D eigenvalue weighted by Crippen LogP contribution is 2.34. The first kappa shape index (κ1) is 20.4. The van der Waals surface area contributed by atoms with Crippen LogP contribution in [0, 0.1) is 5.92 Å². The van der Waals surface area contributed by atoms with E-state index in [2.05, 4.69) is 19.2 Å². The standard InChI is InChI=1S/C20H29N3O2S/c1-7-25-19(24)17-14(4)21-20(26-12-13(2)3)22-18(17)15-8-10-16(11-9-15)23(5)6/h8-11,13,18H,7,12H2,1-6H3,(H,21,22)/t18-/m0/s1. The monoisotopic (exact) mass is 375 g/mol. The van der Waals surface area contributed by atoms with Gasteiger partial charge < -0.3 is 15.0 Å². The average molecular weight is 376 g/mol. The Morgan fingerprint density at radius 2 is 1.96 bits per heavy atom. The molecule has 142 valence electrons. The number of ether oxygens (including phenoxy) is 1. The first-order chi connectivity index (χ1) is 12.3. The van der Waals surface area contributed by atoms with E-state index in [1.165, 1.54) is 0 Å². The lowest BCUT2D eigenvalue weighted by Gasteiger charge is -2.26. The van der Waals surface area contributed by atoms with Gasteiger partial charge in [0.05, 0.1) is 12.2 Å². The molecule has 1 aliphatic rings. The fourth-order valence-electron chi connectivity index (χ4n) is 2.64. The summed E-state index contributed by atoms with van der Waals surface area (Å²) in [4.78, 5) is 19.4. The summed E-state index contributed by atoms with van der Waals surface area (Å²) in [6.45, 7) is 8.44. The number of thioether (sulfide) groups is 1. The number of amidine groups is 1. The van der Waals surface area contributed by atoms with E-state index in [0.717, 1.165) is 27.9 Å². The molecule has 0 aliphatic carbocycles. The second kappa shape index (κ2) is 9.12. The molecule has 2 rings (SSSR count). The highest BCUT2D eigenvalue weighted by atomic mass is 32.2. The van der Waals surface area contributed by atoms with Crippen molar-refractivity contribution in [2.24, 2.45) is 10.9 Å². The van der Waals surface area contributed by atoms with Crippen LogP contribution in [0.4, 0.5) is 5.69 Å². The Morgan fingerprint density at radius 3 is 2.50 bits per heavy atom. The van der Waals surface area contributed by atoms with E-state index in [4.69, 9.17) is 9.73 Å². The molecule has 0 aromatic heterocycles. The van der Waals surface area contributed by atoms with Gasteiger partial charge in [0, 0.05) is 31.2 Å². The molecule has 1 aliphatic heterocycles. The number of carbonyl (C=O) groups excluding carboxylic acids is 1. The van der Waals surface area contributed by atoms with Crippen molar-refractivity contribution < 1.29 is 9.53 Å². The third kappa shape index (κ3) is 5.04. The highest BCUT2D eigenvalue weighted by Gasteiger charge is 2.30. The number of allylic oxidation sites excluding steroid dienone is 1. The van der Waals surface area contributed by atoms with Gasteiger partial charge >= 0.3 is 5.97 Å². The van der Waals surface area contributed by atoms with Crippen molar-refractivity contribution in [2.75, 3.05) is 31.4 Å². The molecule has 6 heteroatoms. The van der Waals surface area contributed by atoms with Crippen LogP contribution in [0.25, 0.3) is 0 Å². The van der Waals surface area contributed by atoms with E-state index < -0.39 is 0 Å². The number of benzene rings is 1. The van der Waals surface area contributed by atoms with Crippen molar-refractivity contribution in [3.05, 3.63) is 41.1 Å². The first-order valence-electron chi connectivity index (χ1n) is 8.96. The lowest BCUT2D eigenvalue weighted by atomic mass is 9.96. The van der Waals surface area contributed by atoms with Gasteiger partial charge in [0.15, 0.2) is 5.17 Å². The molecule has 0 saturated carbocycles. The molecule has 0 radical (unpaired) electrons. The van der Waals surface area contributed by atoms with Crippen LogP contribution in [-0.4, -0.2) is 37.6 Å². The Labute approximate surface area is 160 Å². The van der Waals surface area contributed by atoms with Gasteiger partial charge in [-0.2, -0.15) is 0 Å². The third-order valence-corrected chi connectivity index (χ3v) is 5.31. The molecule has 1 heterocycles. The minimum Gasteiger partial charge on any atom is -0.463 e. The molecule has 0 saturated heterocycles. The maximum absolute atomic E-state index is 12.5. The largest absolute Gasteiger partial charge is 0.463 e. The Balaban J connectivity index is 2.38. The van der Waals surface area contributed by atoms with Gasteiger partial charge in [0.25, 0.3) is 0 Å². The summed E-state index contributed by atoms with van der Waals surface area (Å²) >= 11 is 1.69. The zero-order chi connectivity index (χ0) is 19.3. The van der Waals surface area contributed by atoms with Gasteiger partial charge in [0.2, 0.25) is 0 Å². The molecule has 0 spiro atoms. The highest BCUT2D eigenvalue weighted by molar-refractivity contribution is 8.13. The fourth-order valence-corrected chi connectivity index (χ4v) is 3.53. The van der Waals surface area contributed by atoms with Crippen molar-refractivity contribution in [3.8, 4) is 0 Å². The smallest absolute Gasteiger partial charge is 0.338 e. The normalized spacial score (nSPS) is 17.0. The average Bonchev–Trinajstić information content (AvgIpc) is 2.59. The summed E-state index contributed by atoms with van der Waals surface area (Å²) < 4.78 is 5.28. The zero-order valence-electron chi connectivity index (χ0n) is 16.5. The van der Waals surface area contributed by atoms with Gasteiger partial charge in [-0.1, -0.05) is 37.7 Å². The van der Waals surface area contributed by atoms with Crippen LogP contribution < -0.4 is 10.2 Å². The van der Waals surface area contributed by atoms with E-state index >= 15 is 0 Å². The maximum atomic E-state index is 12.5. The maximum Gasteiger partial charge on any atom is 0.338 e. The summed E-state index contributed by atoms with van der Waals surface area (Å²) in [6.07, 6.45) is 0. The molecule has 0 unspecified atom stereocenters. The number of carbonyl (C=O) groups is 1. The van der Waals surface area contributed by atoms with E-state index in [0.29, 0.717) is 18.1 Å². The van der Waals surface area contributed by atoms with Crippen molar-refractivity contribution in [3.63, 3.8) is 0 Å². The topological polar surface area (TPSA) is 53.9 Å². The third-order valence-electron chi connectivity index (χ3n) is 3.99. The fraction of sp³-hybridized carbons (Fsp3) is 0.500. The van der Waals surface area contributed by atoms with Gasteiger partial charge in [0.1, 0.15) is 6.04 Å². The molecule has 1 aromatic carbocycles. The minimum atomic E-state index is -0.346. The SMILES string of the molecule is CCOC(=O)C1=C(C)NC(SCC(C)C)=N[C@H]1c1ccc(N(C)C)cc1. The Morgan fingerprint density at radius 1 is 1.31 bits per heavy atom. The van der Waals surface area contributed by atoms with Crippen LogP contribution >= 0.6 is 11.8 Å². The lowest BCUT2D eigenvalue weighted by molar-refractivity contribution is -0.138. The summed E-state index contributed by atoms with van der Waals surface area (Å²) in [7, 11) is 4.01. The molecule has 0 amide bonds. The van der Waals surface area contributed by atoms with E-state index in [-0.39, 0.29) is 12.0 Å². The molecule has 26 heavy (non-hydrogen) atoms. The number of nitrogens with zero attached hydrogens (tertiary/aromatic N) is 2. The van der Waals surface area contributed by atoms with Crippen LogP contribution in [0.1, 0.15) is 39.3 Å². The van der Waals surface area contributed by atoms with E-state index in [1.54, 1.807) is 11.8 Å². The Hall–Kier alpha value is -1.95. The predicted molar refractivity (Wildman–Crippen MR) is 111 cm³/mol. The molecular weight excluding hydrogens is 346 g/mol. The Bertz CT molecular complexity index is 694. The van der Waals surface area contributed by atoms with Crippen molar-refractivity contribution >= 4 is 28.6 Å². The van der Waals surface area contributed by atoms with Crippen LogP contribution in [-0.2, 0) is 9.53 Å². The summed E-state index contributed by atoms with van der Waals surface area (Å²) in [5, 5.41) is 4.13. The molecule has 1 N–H and O–H groups in total. The number of rotatable bonds is 6. The number of anilines is 1. The van der Waals surface area contributed by atoms with Crippen LogP contribution in [0.2, 0.25) is 0 Å². The number of hydrogen-bond donors (Lipinski definition) is 1. The summed E-state index contributed by atoms with van der Waals surface area (Å²) in [5.41, 5.74) is 3.49.